The van der Waals surface area contributed by atoms with Crippen LogP contribution in [0.4, 0.5) is 0 Å². The molecule has 0 aliphatic heterocycles. The second-order valence-electron chi connectivity index (χ2n) is 6.12. The van der Waals surface area contributed by atoms with Gasteiger partial charge in [-0.25, -0.2) is 4.98 Å². The van der Waals surface area contributed by atoms with E-state index in [4.69, 9.17) is 0 Å². The summed E-state index contributed by atoms with van der Waals surface area (Å²) in [7, 11) is 0. The van der Waals surface area contributed by atoms with Crippen LogP contribution in [0.2, 0.25) is 0 Å². The third-order valence-electron chi connectivity index (χ3n) is 3.32. The van der Waals surface area contributed by atoms with Crippen LogP contribution in [-0.2, 0) is 4.79 Å². The summed E-state index contributed by atoms with van der Waals surface area (Å²) in [6.07, 6.45) is 2.31. The number of carbonyl (C=O) groups excluding carboxylic acids is 1. The van der Waals surface area contributed by atoms with E-state index >= 15 is 0 Å². The van der Waals surface area contributed by atoms with E-state index in [9.17, 15) is 4.79 Å². The van der Waals surface area contributed by atoms with Crippen LogP contribution in [0.5, 0.6) is 0 Å². The summed E-state index contributed by atoms with van der Waals surface area (Å²) < 4.78 is 1.19. The summed E-state index contributed by atoms with van der Waals surface area (Å²) in [5, 5.41) is 0.995. The molecule has 0 spiro atoms. The predicted molar refractivity (Wildman–Crippen MR) is 87.0 cm³/mol. The van der Waals surface area contributed by atoms with Crippen molar-refractivity contribution in [1.29, 1.82) is 0 Å². The predicted octanol–water partition coefficient (Wildman–Crippen LogP) is 5.10. The van der Waals surface area contributed by atoms with Gasteiger partial charge in [0.25, 0.3) is 0 Å². The van der Waals surface area contributed by atoms with Gasteiger partial charge in [-0.3, -0.25) is 4.79 Å². The molecule has 0 bridgehead atoms. The number of aromatic nitrogens is 1. The number of rotatable bonds is 5. The number of nitrogens with zero attached hydrogens (tertiary/aromatic N) is 1. The molecule has 0 aliphatic rings. The van der Waals surface area contributed by atoms with Crippen molar-refractivity contribution in [2.24, 2.45) is 5.41 Å². The van der Waals surface area contributed by atoms with E-state index in [1.807, 2.05) is 39.0 Å². The lowest BCUT2D eigenvalue weighted by molar-refractivity contribution is -0.126. The third-order valence-corrected chi connectivity index (χ3v) is 4.45. The lowest BCUT2D eigenvalue weighted by atomic mass is 9.87. The molecule has 1 aromatic carbocycles. The Morgan fingerprint density at radius 1 is 1.25 bits per heavy atom. The second kappa shape index (κ2) is 5.88. The van der Waals surface area contributed by atoms with E-state index in [1.54, 1.807) is 11.3 Å². The molecule has 3 heteroatoms. The molecule has 2 nitrogen and oxygen atoms in total. The average molecular weight is 287 g/mol. The number of allylic oxidation sites excluding steroid dienone is 1. The monoisotopic (exact) mass is 287 g/mol. The van der Waals surface area contributed by atoms with Crippen molar-refractivity contribution in [2.45, 2.75) is 40.0 Å². The summed E-state index contributed by atoms with van der Waals surface area (Å²) >= 11 is 1.67. The van der Waals surface area contributed by atoms with E-state index in [0.29, 0.717) is 12.2 Å². The highest BCUT2D eigenvalue weighted by Crippen LogP contribution is 2.29. The van der Waals surface area contributed by atoms with Gasteiger partial charge in [-0.1, -0.05) is 39.5 Å². The maximum Gasteiger partial charge on any atom is 0.138 e. The van der Waals surface area contributed by atoms with Crippen molar-refractivity contribution in [3.05, 3.63) is 35.9 Å². The number of thiazole rings is 1. The fourth-order valence-corrected chi connectivity index (χ4v) is 2.93. The number of benzene rings is 1. The zero-order chi connectivity index (χ0) is 14.8. The molecule has 0 fully saturated rings. The molecular formula is C17H21NOS. The van der Waals surface area contributed by atoms with Gasteiger partial charge >= 0.3 is 0 Å². The first-order valence-electron chi connectivity index (χ1n) is 6.95. The largest absolute Gasteiger partial charge is 0.299 e. The van der Waals surface area contributed by atoms with Gasteiger partial charge in [0.1, 0.15) is 10.8 Å². The van der Waals surface area contributed by atoms with Crippen molar-refractivity contribution < 1.29 is 4.79 Å². The molecule has 0 unspecified atom stereocenters. The summed E-state index contributed by atoms with van der Waals surface area (Å²) in [6, 6.07) is 8.12. The fraction of sp³-hybridized carbons (Fsp3) is 0.412. The van der Waals surface area contributed by atoms with Gasteiger partial charge in [0.2, 0.25) is 0 Å². The molecule has 0 saturated carbocycles. The van der Waals surface area contributed by atoms with Crippen LogP contribution in [0, 0.1) is 5.41 Å². The number of carbonyl (C=O) groups is 1. The van der Waals surface area contributed by atoms with E-state index in [0.717, 1.165) is 28.9 Å². The van der Waals surface area contributed by atoms with Gasteiger partial charge in [0, 0.05) is 11.8 Å². The number of Topliss-reactive ketones (excluding diaryl/α,β-unsaturated/α-hetero) is 1. The van der Waals surface area contributed by atoms with Crippen LogP contribution in [-0.4, -0.2) is 10.8 Å². The lowest BCUT2D eigenvalue weighted by Gasteiger charge is -2.16. The van der Waals surface area contributed by atoms with Crippen LogP contribution < -0.4 is 0 Å². The summed E-state index contributed by atoms with van der Waals surface area (Å²) in [6.45, 7) is 10.0. The molecule has 1 heterocycles. The summed E-state index contributed by atoms with van der Waals surface area (Å²) in [5.41, 5.74) is 1.82. The van der Waals surface area contributed by atoms with Gasteiger partial charge in [-0.15, -0.1) is 11.3 Å². The summed E-state index contributed by atoms with van der Waals surface area (Å²) in [4.78, 5) is 16.5. The van der Waals surface area contributed by atoms with Gasteiger partial charge in [-0.05, 0) is 30.5 Å². The molecule has 0 N–H and O–H groups in total. The highest BCUT2D eigenvalue weighted by Gasteiger charge is 2.20. The van der Waals surface area contributed by atoms with Crippen LogP contribution in [0.25, 0.3) is 15.8 Å². The standard InChI is InChI=1S/C17H21NOS/c1-12(8-7-11-15(19)17(2,3)4)16-18-13-9-5-6-10-14(13)20-16/h5-6,9-10H,1,7-8,11H2,2-4H3. The molecule has 1 aromatic heterocycles. The second-order valence-corrected chi connectivity index (χ2v) is 7.15. The van der Waals surface area contributed by atoms with Gasteiger partial charge < -0.3 is 0 Å². The molecule has 20 heavy (non-hydrogen) atoms. The molecular weight excluding hydrogens is 266 g/mol. The Kier molecular flexibility index (Phi) is 4.39. The molecule has 0 atom stereocenters. The Labute approximate surface area is 124 Å². The zero-order valence-electron chi connectivity index (χ0n) is 12.4. The van der Waals surface area contributed by atoms with Crippen molar-refractivity contribution in [3.63, 3.8) is 0 Å². The number of fused-ring (bicyclic) bond motifs is 1. The summed E-state index contributed by atoms with van der Waals surface area (Å²) in [5.74, 6) is 0.314. The van der Waals surface area contributed by atoms with Gasteiger partial charge in [0.15, 0.2) is 0 Å². The van der Waals surface area contributed by atoms with Crippen molar-refractivity contribution in [1.82, 2.24) is 4.98 Å². The van der Waals surface area contributed by atoms with E-state index in [2.05, 4.69) is 17.6 Å². The molecule has 2 aromatic rings. The third kappa shape index (κ3) is 3.54. The number of hydrogen-bond donors (Lipinski definition) is 0. The van der Waals surface area contributed by atoms with Crippen LogP contribution in [0.3, 0.4) is 0 Å². The Hall–Kier alpha value is -1.48. The number of hydrogen-bond acceptors (Lipinski definition) is 3. The molecule has 0 radical (unpaired) electrons. The first-order chi connectivity index (χ1) is 9.38. The van der Waals surface area contributed by atoms with Crippen LogP contribution in [0.1, 0.15) is 45.0 Å². The number of para-hydroxylation sites is 1. The van der Waals surface area contributed by atoms with Crippen molar-refractivity contribution in [2.75, 3.05) is 0 Å². The van der Waals surface area contributed by atoms with E-state index in [1.165, 1.54) is 4.70 Å². The average Bonchev–Trinajstić information content (AvgIpc) is 2.81. The topological polar surface area (TPSA) is 30.0 Å². The van der Waals surface area contributed by atoms with Crippen molar-refractivity contribution >= 4 is 32.9 Å². The van der Waals surface area contributed by atoms with Gasteiger partial charge in [0.05, 0.1) is 10.2 Å². The molecule has 0 aliphatic carbocycles. The molecule has 0 saturated heterocycles. The Balaban J connectivity index is 1.94. The first-order valence-corrected chi connectivity index (χ1v) is 7.76. The highest BCUT2D eigenvalue weighted by atomic mass is 32.1. The molecule has 0 amide bonds. The highest BCUT2D eigenvalue weighted by molar-refractivity contribution is 7.19. The normalized spacial score (nSPS) is 11.8. The first kappa shape index (κ1) is 14.9. The van der Waals surface area contributed by atoms with Crippen LogP contribution >= 0.6 is 11.3 Å². The zero-order valence-corrected chi connectivity index (χ0v) is 13.2. The molecule has 2 rings (SSSR count). The minimum Gasteiger partial charge on any atom is -0.299 e. The minimum atomic E-state index is -0.239. The Morgan fingerprint density at radius 3 is 2.60 bits per heavy atom. The maximum absolute atomic E-state index is 11.9. The Morgan fingerprint density at radius 2 is 1.95 bits per heavy atom. The van der Waals surface area contributed by atoms with Crippen LogP contribution in [0.15, 0.2) is 30.8 Å². The maximum atomic E-state index is 11.9. The smallest absolute Gasteiger partial charge is 0.138 e. The van der Waals surface area contributed by atoms with Crippen molar-refractivity contribution in [3.8, 4) is 0 Å². The Bertz CT molecular complexity index is 601. The fourth-order valence-electron chi connectivity index (χ4n) is 1.97. The minimum absolute atomic E-state index is 0.239. The molecule has 106 valence electrons. The SMILES string of the molecule is C=C(CCCC(=O)C(C)(C)C)c1nc2ccccc2s1. The quantitative estimate of drug-likeness (QED) is 0.766. The lowest BCUT2D eigenvalue weighted by Crippen LogP contribution is -2.19. The van der Waals surface area contributed by atoms with E-state index in [-0.39, 0.29) is 5.41 Å². The van der Waals surface area contributed by atoms with Gasteiger partial charge in [-0.2, -0.15) is 0 Å². The van der Waals surface area contributed by atoms with E-state index < -0.39 is 0 Å². The number of ketones is 1.